The van der Waals surface area contributed by atoms with E-state index in [0.717, 1.165) is 11.3 Å². The molecule has 0 bridgehead atoms. The molecule has 0 unspecified atom stereocenters. The second-order valence-electron chi connectivity index (χ2n) is 4.65. The van der Waals surface area contributed by atoms with E-state index in [1.165, 1.54) is 0 Å². The Morgan fingerprint density at radius 1 is 1.05 bits per heavy atom. The fraction of sp³-hybridized carbons (Fsp3) is 0.294. The third-order valence-electron chi connectivity index (χ3n) is 3.22. The number of phenols is 1. The number of hydrogen-bond acceptors (Lipinski definition) is 5. The smallest absolute Gasteiger partial charge is 0.162 e. The minimum atomic E-state index is 0.159. The van der Waals surface area contributed by atoms with Gasteiger partial charge in [0.1, 0.15) is 11.5 Å². The Balaban J connectivity index is 2.14. The Bertz CT molecular complexity index is 606. The highest BCUT2D eigenvalue weighted by Gasteiger charge is 2.08. The van der Waals surface area contributed by atoms with E-state index in [0.29, 0.717) is 30.4 Å². The Kier molecular flexibility index (Phi) is 5.36. The van der Waals surface area contributed by atoms with Gasteiger partial charge in [-0.25, -0.2) is 0 Å². The van der Waals surface area contributed by atoms with E-state index in [1.54, 1.807) is 26.4 Å². The lowest BCUT2D eigenvalue weighted by atomic mass is 10.1. The SMILES string of the molecule is CCOc1cccc(CNc2cc(OC)cc(OC)c2)c1O. The zero-order valence-corrected chi connectivity index (χ0v) is 13.1. The van der Waals surface area contributed by atoms with Crippen molar-refractivity contribution in [3.8, 4) is 23.0 Å². The standard InChI is InChI=1S/C17H21NO4/c1-4-22-16-7-5-6-12(17(16)19)11-18-13-8-14(20-2)10-15(9-13)21-3/h5-10,18-19H,4,11H2,1-3H3. The van der Waals surface area contributed by atoms with E-state index in [2.05, 4.69) is 5.32 Å². The van der Waals surface area contributed by atoms with Crippen LogP contribution in [0.1, 0.15) is 12.5 Å². The van der Waals surface area contributed by atoms with Crippen molar-refractivity contribution in [1.29, 1.82) is 0 Å². The maximum absolute atomic E-state index is 10.2. The largest absolute Gasteiger partial charge is 0.504 e. The predicted molar refractivity (Wildman–Crippen MR) is 86.1 cm³/mol. The first kappa shape index (κ1) is 15.8. The van der Waals surface area contributed by atoms with E-state index in [-0.39, 0.29) is 5.75 Å². The van der Waals surface area contributed by atoms with Gasteiger partial charge in [0.25, 0.3) is 0 Å². The normalized spacial score (nSPS) is 10.1. The molecule has 0 aliphatic rings. The molecule has 0 heterocycles. The first-order valence-corrected chi connectivity index (χ1v) is 7.08. The fourth-order valence-corrected chi connectivity index (χ4v) is 2.09. The van der Waals surface area contributed by atoms with Gasteiger partial charge in [-0.1, -0.05) is 12.1 Å². The van der Waals surface area contributed by atoms with Gasteiger partial charge < -0.3 is 24.6 Å². The molecule has 0 saturated carbocycles. The molecule has 0 aliphatic carbocycles. The second kappa shape index (κ2) is 7.45. The molecule has 2 aromatic rings. The number of aromatic hydroxyl groups is 1. The number of phenolic OH excluding ortho intramolecular Hbond substituents is 1. The van der Waals surface area contributed by atoms with Gasteiger partial charge in [-0.3, -0.25) is 0 Å². The monoisotopic (exact) mass is 303 g/mol. The highest BCUT2D eigenvalue weighted by Crippen LogP contribution is 2.31. The van der Waals surface area contributed by atoms with Gasteiger partial charge in [0.15, 0.2) is 11.5 Å². The summed E-state index contributed by atoms with van der Waals surface area (Å²) >= 11 is 0. The molecule has 0 saturated heterocycles. The Hall–Kier alpha value is -2.56. The molecule has 0 aliphatic heterocycles. The van der Waals surface area contributed by atoms with E-state index >= 15 is 0 Å². The van der Waals surface area contributed by atoms with Gasteiger partial charge in [-0.15, -0.1) is 0 Å². The van der Waals surface area contributed by atoms with Crippen molar-refractivity contribution in [1.82, 2.24) is 0 Å². The van der Waals surface area contributed by atoms with Crippen molar-refractivity contribution < 1.29 is 19.3 Å². The van der Waals surface area contributed by atoms with Crippen LogP contribution in [0.4, 0.5) is 5.69 Å². The van der Waals surface area contributed by atoms with Crippen molar-refractivity contribution in [3.63, 3.8) is 0 Å². The number of ether oxygens (including phenoxy) is 3. The van der Waals surface area contributed by atoms with Crippen molar-refractivity contribution in [2.24, 2.45) is 0 Å². The number of anilines is 1. The molecule has 0 aromatic heterocycles. The van der Waals surface area contributed by atoms with Crippen molar-refractivity contribution in [2.45, 2.75) is 13.5 Å². The summed E-state index contributed by atoms with van der Waals surface area (Å²) < 4.78 is 15.9. The van der Waals surface area contributed by atoms with Gasteiger partial charge in [0.2, 0.25) is 0 Å². The number of benzene rings is 2. The molecule has 5 nitrogen and oxygen atoms in total. The van der Waals surface area contributed by atoms with Crippen molar-refractivity contribution >= 4 is 5.69 Å². The zero-order valence-electron chi connectivity index (χ0n) is 13.1. The molecule has 0 spiro atoms. The van der Waals surface area contributed by atoms with Gasteiger partial charge >= 0.3 is 0 Å². The summed E-state index contributed by atoms with van der Waals surface area (Å²) in [4.78, 5) is 0. The Morgan fingerprint density at radius 3 is 2.32 bits per heavy atom. The summed E-state index contributed by atoms with van der Waals surface area (Å²) in [5.41, 5.74) is 1.60. The first-order valence-electron chi connectivity index (χ1n) is 7.08. The number of hydrogen-bond donors (Lipinski definition) is 2. The maximum Gasteiger partial charge on any atom is 0.162 e. The first-order chi connectivity index (χ1) is 10.7. The molecular formula is C17H21NO4. The summed E-state index contributed by atoms with van der Waals surface area (Å²) in [6, 6.07) is 11.0. The van der Waals surface area contributed by atoms with E-state index in [1.807, 2.05) is 31.2 Å². The van der Waals surface area contributed by atoms with Gasteiger partial charge in [-0.2, -0.15) is 0 Å². The lowest BCUT2D eigenvalue weighted by molar-refractivity contribution is 0.317. The number of nitrogens with one attached hydrogen (secondary N) is 1. The van der Waals surface area contributed by atoms with Gasteiger partial charge in [-0.05, 0) is 13.0 Å². The molecule has 22 heavy (non-hydrogen) atoms. The average Bonchev–Trinajstić information content (AvgIpc) is 2.55. The summed E-state index contributed by atoms with van der Waals surface area (Å²) in [5, 5.41) is 13.4. The Labute approximate surface area is 130 Å². The average molecular weight is 303 g/mol. The topological polar surface area (TPSA) is 60.0 Å². The van der Waals surface area contributed by atoms with E-state index in [9.17, 15) is 5.11 Å². The second-order valence-corrected chi connectivity index (χ2v) is 4.65. The third kappa shape index (κ3) is 3.75. The highest BCUT2D eigenvalue weighted by atomic mass is 16.5. The van der Waals surface area contributed by atoms with Crippen LogP contribution in [0.25, 0.3) is 0 Å². The summed E-state index contributed by atoms with van der Waals surface area (Å²) in [6.45, 7) is 2.85. The lowest BCUT2D eigenvalue weighted by Gasteiger charge is -2.13. The molecule has 2 aromatic carbocycles. The van der Waals surface area contributed by atoms with Crippen LogP contribution in [0.2, 0.25) is 0 Å². The lowest BCUT2D eigenvalue weighted by Crippen LogP contribution is -2.02. The van der Waals surface area contributed by atoms with Crippen LogP contribution in [0, 0.1) is 0 Å². The molecule has 2 N–H and O–H groups in total. The molecule has 118 valence electrons. The van der Waals surface area contributed by atoms with Crippen molar-refractivity contribution in [3.05, 3.63) is 42.0 Å². The molecule has 0 amide bonds. The Morgan fingerprint density at radius 2 is 1.73 bits per heavy atom. The number of rotatable bonds is 7. The zero-order chi connectivity index (χ0) is 15.9. The van der Waals surface area contributed by atoms with Crippen LogP contribution >= 0.6 is 0 Å². The third-order valence-corrected chi connectivity index (χ3v) is 3.22. The molecule has 0 atom stereocenters. The summed E-state index contributed by atoms with van der Waals surface area (Å²) in [6.07, 6.45) is 0. The number of methoxy groups -OCH3 is 2. The quantitative estimate of drug-likeness (QED) is 0.820. The fourth-order valence-electron chi connectivity index (χ4n) is 2.09. The molecule has 5 heteroatoms. The molecule has 0 radical (unpaired) electrons. The molecule has 2 rings (SSSR count). The predicted octanol–water partition coefficient (Wildman–Crippen LogP) is 3.42. The summed E-state index contributed by atoms with van der Waals surface area (Å²) in [5.74, 6) is 2.06. The van der Waals surface area contributed by atoms with Crippen LogP contribution < -0.4 is 19.5 Å². The van der Waals surface area contributed by atoms with Gasteiger partial charge in [0.05, 0.1) is 20.8 Å². The minimum absolute atomic E-state index is 0.159. The van der Waals surface area contributed by atoms with Crippen LogP contribution in [0.3, 0.4) is 0 Å². The van der Waals surface area contributed by atoms with E-state index in [4.69, 9.17) is 14.2 Å². The van der Waals surface area contributed by atoms with Gasteiger partial charge in [0, 0.05) is 36.0 Å². The van der Waals surface area contributed by atoms with Crippen LogP contribution in [0.15, 0.2) is 36.4 Å². The molecule has 0 fully saturated rings. The van der Waals surface area contributed by atoms with E-state index < -0.39 is 0 Å². The molecular weight excluding hydrogens is 282 g/mol. The number of para-hydroxylation sites is 1. The highest BCUT2D eigenvalue weighted by molar-refractivity contribution is 5.55. The van der Waals surface area contributed by atoms with Crippen LogP contribution in [0.5, 0.6) is 23.0 Å². The summed E-state index contributed by atoms with van der Waals surface area (Å²) in [7, 11) is 3.21. The van der Waals surface area contributed by atoms with Crippen LogP contribution in [-0.2, 0) is 6.54 Å². The minimum Gasteiger partial charge on any atom is -0.504 e. The maximum atomic E-state index is 10.2. The van der Waals surface area contributed by atoms with Crippen LogP contribution in [-0.4, -0.2) is 25.9 Å². The van der Waals surface area contributed by atoms with Crippen molar-refractivity contribution in [2.75, 3.05) is 26.1 Å².